The van der Waals surface area contributed by atoms with E-state index >= 15 is 0 Å². The average Bonchev–Trinajstić information content (AvgIpc) is 2.52. The second kappa shape index (κ2) is 8.15. The minimum Gasteiger partial charge on any atom is -0.480 e. The van der Waals surface area contributed by atoms with Gasteiger partial charge in [-0.05, 0) is 37.6 Å². The van der Waals surface area contributed by atoms with Crippen molar-refractivity contribution in [3.05, 3.63) is 0 Å². The van der Waals surface area contributed by atoms with Gasteiger partial charge in [-0.1, -0.05) is 33.1 Å². The molecule has 1 N–H and O–H groups in total. The molecule has 140 valence electrons. The third-order valence-electron chi connectivity index (χ3n) is 5.67. The van der Waals surface area contributed by atoms with Crippen LogP contribution in [0.3, 0.4) is 0 Å². The molecule has 7 heteroatoms. The average molecular weight is 361 g/mol. The van der Waals surface area contributed by atoms with Crippen LogP contribution in [-0.2, 0) is 14.8 Å². The molecule has 1 heterocycles. The van der Waals surface area contributed by atoms with E-state index in [0.717, 1.165) is 38.5 Å². The number of carboxylic acids is 1. The fourth-order valence-corrected chi connectivity index (χ4v) is 6.36. The maximum atomic E-state index is 12.8. The molecule has 2 rings (SSSR count). The van der Waals surface area contributed by atoms with Crippen molar-refractivity contribution in [2.45, 2.75) is 64.8 Å². The molecule has 6 nitrogen and oxygen atoms in total. The van der Waals surface area contributed by atoms with Crippen LogP contribution in [0.15, 0.2) is 0 Å². The summed E-state index contributed by atoms with van der Waals surface area (Å²) in [6.07, 6.45) is 6.94. The maximum Gasteiger partial charge on any atom is 0.317 e. The lowest BCUT2D eigenvalue weighted by Gasteiger charge is -2.39. The van der Waals surface area contributed by atoms with Gasteiger partial charge < -0.3 is 5.11 Å². The molecule has 0 aromatic heterocycles. The first-order valence-corrected chi connectivity index (χ1v) is 10.8. The Morgan fingerprint density at radius 1 is 1.21 bits per heavy atom. The standard InChI is InChI=1S/C17H32N2O4S/c1-3-18(13-16(20)21)15-7-11-19(12-8-15)24(22,23)14-17(2)9-5-4-6-10-17/h15H,3-14H2,1-2H3,(H,20,21). The Balaban J connectivity index is 1.91. The van der Waals surface area contributed by atoms with E-state index in [1.807, 2.05) is 11.8 Å². The Hall–Kier alpha value is -0.660. The minimum atomic E-state index is -3.22. The number of nitrogens with zero attached hydrogens (tertiary/aromatic N) is 2. The molecule has 0 bridgehead atoms. The largest absolute Gasteiger partial charge is 0.480 e. The number of hydrogen-bond donors (Lipinski definition) is 1. The van der Waals surface area contributed by atoms with E-state index in [1.54, 1.807) is 4.31 Å². The molecule has 1 saturated heterocycles. The Kier molecular flexibility index (Phi) is 6.67. The van der Waals surface area contributed by atoms with Crippen LogP contribution in [0.4, 0.5) is 0 Å². The number of piperidine rings is 1. The van der Waals surface area contributed by atoms with Crippen LogP contribution in [0.1, 0.15) is 58.8 Å². The highest BCUT2D eigenvalue weighted by molar-refractivity contribution is 7.89. The van der Waals surface area contributed by atoms with Gasteiger partial charge in [0.15, 0.2) is 0 Å². The molecule has 1 aliphatic heterocycles. The molecule has 24 heavy (non-hydrogen) atoms. The zero-order chi connectivity index (χ0) is 17.8. The Bertz CT molecular complexity index is 521. The fraction of sp³-hybridized carbons (Fsp3) is 0.941. The van der Waals surface area contributed by atoms with Crippen molar-refractivity contribution in [1.82, 2.24) is 9.21 Å². The molecule has 0 aromatic carbocycles. The van der Waals surface area contributed by atoms with Gasteiger partial charge in [-0.2, -0.15) is 0 Å². The molecule has 0 aromatic rings. The van der Waals surface area contributed by atoms with E-state index in [1.165, 1.54) is 6.42 Å². The summed E-state index contributed by atoms with van der Waals surface area (Å²) in [6.45, 7) is 5.81. The predicted octanol–water partition coefficient (Wildman–Crippen LogP) is 2.16. The van der Waals surface area contributed by atoms with Gasteiger partial charge >= 0.3 is 5.97 Å². The molecular weight excluding hydrogens is 328 g/mol. The molecule has 0 unspecified atom stereocenters. The van der Waals surface area contributed by atoms with Gasteiger partial charge in [0.05, 0.1) is 12.3 Å². The number of carboxylic acid groups (broad SMARTS) is 1. The molecule has 0 amide bonds. The third-order valence-corrected chi connectivity index (χ3v) is 7.88. The van der Waals surface area contributed by atoms with E-state index < -0.39 is 16.0 Å². The van der Waals surface area contributed by atoms with Crippen molar-refractivity contribution in [2.75, 3.05) is 31.9 Å². The van der Waals surface area contributed by atoms with Crippen molar-refractivity contribution >= 4 is 16.0 Å². The number of carbonyl (C=O) groups is 1. The van der Waals surface area contributed by atoms with Crippen LogP contribution in [0.5, 0.6) is 0 Å². The summed E-state index contributed by atoms with van der Waals surface area (Å²) >= 11 is 0. The molecule has 2 aliphatic rings. The molecular formula is C17H32N2O4S. The van der Waals surface area contributed by atoms with Gasteiger partial charge in [0.1, 0.15) is 0 Å². The lowest BCUT2D eigenvalue weighted by molar-refractivity contribution is -0.139. The lowest BCUT2D eigenvalue weighted by atomic mass is 9.77. The van der Waals surface area contributed by atoms with Crippen molar-refractivity contribution in [3.8, 4) is 0 Å². The second-order valence-corrected chi connectivity index (χ2v) is 9.68. The van der Waals surface area contributed by atoms with E-state index in [2.05, 4.69) is 6.92 Å². The Labute approximate surface area is 146 Å². The number of hydrogen-bond acceptors (Lipinski definition) is 4. The highest BCUT2D eigenvalue weighted by Crippen LogP contribution is 2.37. The highest BCUT2D eigenvalue weighted by Gasteiger charge is 2.37. The first kappa shape index (κ1) is 19.7. The normalized spacial score (nSPS) is 23.5. The van der Waals surface area contributed by atoms with E-state index in [0.29, 0.717) is 19.6 Å². The van der Waals surface area contributed by atoms with Crippen LogP contribution >= 0.6 is 0 Å². The van der Waals surface area contributed by atoms with E-state index in [4.69, 9.17) is 5.11 Å². The first-order valence-electron chi connectivity index (χ1n) is 9.19. The fourth-order valence-electron chi connectivity index (χ4n) is 4.24. The summed E-state index contributed by atoms with van der Waals surface area (Å²) in [5, 5.41) is 8.99. The molecule has 2 fully saturated rings. The van der Waals surface area contributed by atoms with Crippen LogP contribution in [0, 0.1) is 5.41 Å². The summed E-state index contributed by atoms with van der Waals surface area (Å²) in [7, 11) is -3.22. The van der Waals surface area contributed by atoms with Crippen LogP contribution in [0.25, 0.3) is 0 Å². The number of aliphatic carboxylic acids is 1. The van der Waals surface area contributed by atoms with Crippen molar-refractivity contribution in [1.29, 1.82) is 0 Å². The monoisotopic (exact) mass is 360 g/mol. The van der Waals surface area contributed by atoms with Crippen molar-refractivity contribution in [3.63, 3.8) is 0 Å². The molecule has 1 saturated carbocycles. The van der Waals surface area contributed by atoms with Gasteiger partial charge in [0.2, 0.25) is 10.0 Å². The third kappa shape index (κ3) is 5.17. The van der Waals surface area contributed by atoms with Crippen molar-refractivity contribution < 1.29 is 18.3 Å². The predicted molar refractivity (Wildman–Crippen MR) is 94.5 cm³/mol. The van der Waals surface area contributed by atoms with Crippen molar-refractivity contribution in [2.24, 2.45) is 5.41 Å². The highest BCUT2D eigenvalue weighted by atomic mass is 32.2. The van der Waals surface area contributed by atoms with Crippen LogP contribution in [-0.4, -0.2) is 66.7 Å². The summed E-state index contributed by atoms with van der Waals surface area (Å²) in [4.78, 5) is 12.9. The van der Waals surface area contributed by atoms with Gasteiger partial charge in [0.25, 0.3) is 0 Å². The van der Waals surface area contributed by atoms with Gasteiger partial charge in [-0.3, -0.25) is 9.69 Å². The zero-order valence-electron chi connectivity index (χ0n) is 15.0. The summed E-state index contributed by atoms with van der Waals surface area (Å²) in [6, 6.07) is 0.169. The number of rotatable bonds is 7. The van der Waals surface area contributed by atoms with E-state index in [-0.39, 0.29) is 23.8 Å². The summed E-state index contributed by atoms with van der Waals surface area (Å²) in [5.41, 5.74) is -0.0767. The van der Waals surface area contributed by atoms with E-state index in [9.17, 15) is 13.2 Å². The SMILES string of the molecule is CCN(CC(=O)O)C1CCN(S(=O)(=O)CC2(C)CCCCC2)CC1. The molecule has 0 atom stereocenters. The number of sulfonamides is 1. The smallest absolute Gasteiger partial charge is 0.317 e. The summed E-state index contributed by atoms with van der Waals surface area (Å²) < 4.78 is 27.2. The molecule has 0 radical (unpaired) electrons. The topological polar surface area (TPSA) is 77.9 Å². The maximum absolute atomic E-state index is 12.8. The first-order chi connectivity index (χ1) is 11.3. The van der Waals surface area contributed by atoms with Crippen LogP contribution < -0.4 is 0 Å². The molecule has 0 spiro atoms. The van der Waals surface area contributed by atoms with Gasteiger partial charge in [-0.25, -0.2) is 12.7 Å². The lowest BCUT2D eigenvalue weighted by Crippen LogP contribution is -2.49. The van der Waals surface area contributed by atoms with Gasteiger partial charge in [-0.15, -0.1) is 0 Å². The summed E-state index contributed by atoms with van der Waals surface area (Å²) in [5.74, 6) is -0.561. The van der Waals surface area contributed by atoms with Gasteiger partial charge in [0, 0.05) is 19.1 Å². The molecule has 1 aliphatic carbocycles. The Morgan fingerprint density at radius 2 is 1.79 bits per heavy atom. The minimum absolute atomic E-state index is 0.0337. The zero-order valence-corrected chi connectivity index (χ0v) is 15.9. The Morgan fingerprint density at radius 3 is 2.29 bits per heavy atom. The number of likely N-dealkylation sites (N-methyl/N-ethyl adjacent to an activating group) is 1. The second-order valence-electron chi connectivity index (χ2n) is 7.71. The quantitative estimate of drug-likeness (QED) is 0.753. The van der Waals surface area contributed by atoms with Crippen LogP contribution in [0.2, 0.25) is 0 Å².